The largest absolute Gasteiger partial charge is 0.458 e. The van der Waals surface area contributed by atoms with Crippen LogP contribution in [-0.4, -0.2) is 151 Å². The number of nitrogens with one attached hydrogen (secondary N) is 1. The van der Waals surface area contributed by atoms with Crippen LogP contribution >= 0.6 is 0 Å². The smallest absolute Gasteiger partial charge is 0.410 e. The topological polar surface area (TPSA) is 215 Å². The van der Waals surface area contributed by atoms with Crippen molar-refractivity contribution >= 4 is 41.0 Å². The van der Waals surface area contributed by atoms with Crippen LogP contribution in [0.3, 0.4) is 0 Å². The first-order chi connectivity index (χ1) is 26.8. The van der Waals surface area contributed by atoms with Crippen molar-refractivity contribution in [3.05, 3.63) is 12.7 Å². The first kappa shape index (κ1) is 44.8. The molecule has 0 spiro atoms. The second-order valence-corrected chi connectivity index (χ2v) is 18.6. The van der Waals surface area contributed by atoms with Gasteiger partial charge in [0.05, 0.1) is 12.4 Å². The average Bonchev–Trinajstić information content (AvgIpc) is 3.70. The van der Waals surface area contributed by atoms with Crippen molar-refractivity contribution in [2.45, 2.75) is 155 Å². The number of hydrogen-bond acceptors (Lipinski definition) is 15. The lowest BCUT2D eigenvalue weighted by atomic mass is 10.1. The number of hydrogen-bond donors (Lipinski definition) is 2. The minimum Gasteiger partial charge on any atom is -0.458 e. The van der Waals surface area contributed by atoms with Gasteiger partial charge >= 0.3 is 18.2 Å². The molecule has 19 heteroatoms. The van der Waals surface area contributed by atoms with Crippen molar-refractivity contribution < 1.29 is 47.6 Å². The zero-order chi connectivity index (χ0) is 43.0. The molecule has 0 bridgehead atoms. The normalized spacial score (nSPS) is 22.7. The Morgan fingerprint density at radius 3 is 2.17 bits per heavy atom. The number of nitrogen functional groups attached to an aromatic ring is 1. The van der Waals surface area contributed by atoms with Gasteiger partial charge in [-0.15, -0.1) is 0 Å². The number of imidazole rings is 1. The fraction of sp³-hybridized carbons (Fsp3) is 0.769. The number of amides is 3. The third-order valence-corrected chi connectivity index (χ3v) is 9.59. The summed E-state index contributed by atoms with van der Waals surface area (Å²) < 4.78 is 38.4. The van der Waals surface area contributed by atoms with Gasteiger partial charge in [-0.05, 0) is 95.5 Å². The lowest BCUT2D eigenvalue weighted by Gasteiger charge is -2.45. The summed E-state index contributed by atoms with van der Waals surface area (Å²) in [5, 5.41) is 2.72. The molecule has 3 amide bonds. The quantitative estimate of drug-likeness (QED) is 0.218. The maximum Gasteiger partial charge on any atom is 0.410 e. The molecule has 0 saturated carbocycles. The van der Waals surface area contributed by atoms with E-state index in [1.165, 1.54) is 13.3 Å². The van der Waals surface area contributed by atoms with E-state index >= 15 is 0 Å². The monoisotopic (exact) mass is 817 g/mol. The number of alkyl carbamates (subject to hydrolysis) is 1. The Morgan fingerprint density at radius 2 is 1.55 bits per heavy atom. The van der Waals surface area contributed by atoms with E-state index in [0.717, 1.165) is 0 Å². The van der Waals surface area contributed by atoms with Crippen molar-refractivity contribution in [3.8, 4) is 0 Å². The summed E-state index contributed by atoms with van der Waals surface area (Å²) in [7, 11) is 0. The van der Waals surface area contributed by atoms with E-state index in [1.807, 2.05) is 34.6 Å². The molecule has 5 atom stereocenters. The van der Waals surface area contributed by atoms with E-state index in [-0.39, 0.29) is 24.2 Å². The van der Waals surface area contributed by atoms with Crippen LogP contribution in [0.4, 0.5) is 15.4 Å². The first-order valence-electron chi connectivity index (χ1n) is 19.9. The zero-order valence-corrected chi connectivity index (χ0v) is 36.1. The number of nitrogens with zero attached hydrogens (tertiary/aromatic N) is 7. The molecule has 0 radical (unpaired) electrons. The zero-order valence-electron chi connectivity index (χ0n) is 36.1. The van der Waals surface area contributed by atoms with E-state index in [9.17, 15) is 19.2 Å². The highest BCUT2D eigenvalue weighted by Gasteiger charge is 2.56. The third-order valence-electron chi connectivity index (χ3n) is 9.59. The van der Waals surface area contributed by atoms with Crippen LogP contribution in [0.25, 0.3) is 11.2 Å². The van der Waals surface area contributed by atoms with Gasteiger partial charge in [0.1, 0.15) is 53.0 Å². The molecule has 0 aromatic carbocycles. The van der Waals surface area contributed by atoms with Crippen molar-refractivity contribution in [1.82, 2.24) is 39.5 Å². The molecule has 3 N–H and O–H groups in total. The van der Waals surface area contributed by atoms with Crippen molar-refractivity contribution in [3.63, 3.8) is 0 Å². The Balaban J connectivity index is 1.40. The molecular weight excluding hydrogens is 754 g/mol. The average molecular weight is 818 g/mol. The molecular formula is C39H63N9O10. The number of anilines is 1. The van der Waals surface area contributed by atoms with Crippen molar-refractivity contribution in [1.29, 1.82) is 0 Å². The summed E-state index contributed by atoms with van der Waals surface area (Å²) in [6, 6.07) is -1.24. The van der Waals surface area contributed by atoms with Crippen LogP contribution in [0, 0.1) is 0 Å². The predicted molar refractivity (Wildman–Crippen MR) is 211 cm³/mol. The molecule has 19 nitrogen and oxygen atoms in total. The van der Waals surface area contributed by atoms with Gasteiger partial charge < -0.3 is 54.2 Å². The maximum absolute atomic E-state index is 13.5. The van der Waals surface area contributed by atoms with E-state index < -0.39 is 71.3 Å². The van der Waals surface area contributed by atoms with Gasteiger partial charge in [-0.1, -0.05) is 0 Å². The summed E-state index contributed by atoms with van der Waals surface area (Å²) in [5.74, 6) is -1.34. The molecule has 3 fully saturated rings. The van der Waals surface area contributed by atoms with Gasteiger partial charge in [0.2, 0.25) is 5.91 Å². The number of rotatable bonds is 13. The highest BCUT2D eigenvalue weighted by atomic mass is 16.8. The highest BCUT2D eigenvalue weighted by molar-refractivity contribution is 5.82. The summed E-state index contributed by atoms with van der Waals surface area (Å²) in [4.78, 5) is 70.4. The lowest BCUT2D eigenvalue weighted by molar-refractivity contribution is -0.198. The number of ether oxygens (including phenoxy) is 6. The second-order valence-electron chi connectivity index (χ2n) is 18.6. The van der Waals surface area contributed by atoms with Gasteiger partial charge in [-0.2, -0.15) is 0 Å². The fourth-order valence-electron chi connectivity index (χ4n) is 7.14. The number of esters is 1. The van der Waals surface area contributed by atoms with E-state index in [2.05, 4.69) is 25.2 Å². The Hall–Kier alpha value is -4.33. The minimum atomic E-state index is -1.04. The Kier molecular flexibility index (Phi) is 13.2. The predicted octanol–water partition coefficient (Wildman–Crippen LogP) is 3.61. The minimum absolute atomic E-state index is 0.0554. The maximum atomic E-state index is 13.5. The number of carbonyl (C=O) groups excluding carboxylic acids is 4. The van der Waals surface area contributed by atoms with Crippen molar-refractivity contribution in [2.24, 2.45) is 0 Å². The molecule has 2 aromatic heterocycles. The molecule has 0 unspecified atom stereocenters. The molecule has 5 heterocycles. The Labute approximate surface area is 340 Å². The molecule has 324 valence electrons. The Morgan fingerprint density at radius 1 is 0.914 bits per heavy atom. The van der Waals surface area contributed by atoms with Crippen LogP contribution in [0.5, 0.6) is 0 Å². The number of fused-ring (bicyclic) bond motifs is 2. The van der Waals surface area contributed by atoms with Crippen LogP contribution < -0.4 is 11.1 Å². The number of aromatic nitrogens is 4. The molecule has 0 aliphatic carbocycles. The van der Waals surface area contributed by atoms with Crippen molar-refractivity contribution in [2.75, 3.05) is 45.0 Å². The van der Waals surface area contributed by atoms with E-state index in [1.54, 1.807) is 62.2 Å². The van der Waals surface area contributed by atoms with Crippen LogP contribution in [0.15, 0.2) is 12.7 Å². The highest BCUT2D eigenvalue weighted by Crippen LogP contribution is 2.44. The van der Waals surface area contributed by atoms with Crippen LogP contribution in [0.1, 0.15) is 102 Å². The molecule has 3 aliphatic rings. The standard InChI is InChI=1S/C39H63N9O10/c1-23(49)46-18-24(19-46)47(35(52)58-38(8,9)10)16-13-15-45(17-14-25(33(50)56-36(2,3)4)44-34(51)57-37(5,6)7)20-26-28-29(55-39(11,12)54-28)32(53-26)48-22-43-27-30(40)41-21-42-31(27)48/h21-22,24-26,28-29,32H,13-20H2,1-12H3,(H,44,51)(H2,40,41,42)/t25-,26+,28+,29+,32+/m0/s1. The molecule has 58 heavy (non-hydrogen) atoms. The lowest BCUT2D eigenvalue weighted by Crippen LogP contribution is -2.62. The summed E-state index contributed by atoms with van der Waals surface area (Å²) >= 11 is 0. The first-order valence-corrected chi connectivity index (χ1v) is 19.9. The second kappa shape index (κ2) is 17.1. The number of nitrogens with two attached hydrogens (primary N) is 1. The Bertz CT molecular complexity index is 1790. The summed E-state index contributed by atoms with van der Waals surface area (Å²) in [6.07, 6.45) is 0.164. The van der Waals surface area contributed by atoms with Gasteiger partial charge in [-0.25, -0.2) is 29.3 Å². The molecule has 2 aromatic rings. The fourth-order valence-corrected chi connectivity index (χ4v) is 7.14. The van der Waals surface area contributed by atoms with Gasteiger partial charge in [-0.3, -0.25) is 9.36 Å². The summed E-state index contributed by atoms with van der Waals surface area (Å²) in [5.41, 5.74) is 4.70. The van der Waals surface area contributed by atoms with Gasteiger partial charge in [0.25, 0.3) is 0 Å². The number of likely N-dealkylation sites (tertiary alicyclic amines) is 1. The van der Waals surface area contributed by atoms with E-state index in [0.29, 0.717) is 56.9 Å². The third kappa shape index (κ3) is 11.7. The molecule has 3 aliphatic heterocycles. The summed E-state index contributed by atoms with van der Waals surface area (Å²) in [6.45, 7) is 23.4. The van der Waals surface area contributed by atoms with Gasteiger partial charge in [0, 0.05) is 39.6 Å². The SMILES string of the molecule is CC(=O)N1CC(N(CCCN(CC[C@H](NC(=O)OC(C)(C)C)C(=O)OC(C)(C)C)C[C@H]2O[C@@H](n3cnc4c(N)ncnc43)[C@@H]3OC(C)(C)O[C@@H]32)C(=O)OC(C)(C)C)C1. The van der Waals surface area contributed by atoms with Gasteiger partial charge in [0.15, 0.2) is 23.5 Å². The van der Waals surface area contributed by atoms with Crippen LogP contribution in [0.2, 0.25) is 0 Å². The van der Waals surface area contributed by atoms with Crippen LogP contribution in [-0.2, 0) is 38.0 Å². The molecule has 3 saturated heterocycles. The van der Waals surface area contributed by atoms with E-state index in [4.69, 9.17) is 34.2 Å². The number of carbonyl (C=O) groups is 4. The molecule has 5 rings (SSSR count).